The predicted molar refractivity (Wildman–Crippen MR) is 71.6 cm³/mol. The summed E-state index contributed by atoms with van der Waals surface area (Å²) in [5.41, 5.74) is 6.05. The number of benzene rings is 2. The molecule has 2 N–H and O–H groups in total. The smallest absolute Gasteiger partial charge is 0.124 e. The van der Waals surface area contributed by atoms with Gasteiger partial charge in [0.05, 0.1) is 11.8 Å². The van der Waals surface area contributed by atoms with Crippen LogP contribution >= 0.6 is 0 Å². The van der Waals surface area contributed by atoms with Crippen LogP contribution in [0.25, 0.3) is 0 Å². The van der Waals surface area contributed by atoms with Crippen molar-refractivity contribution < 1.29 is 5.11 Å². The summed E-state index contributed by atoms with van der Waals surface area (Å²) in [6.07, 6.45) is 0.793. The molecule has 0 saturated carbocycles. The van der Waals surface area contributed by atoms with Gasteiger partial charge in [-0.05, 0) is 17.7 Å². The van der Waals surface area contributed by atoms with Crippen molar-refractivity contribution in [3.63, 3.8) is 0 Å². The number of phenols is 1. The molecule has 0 aromatic heterocycles. The highest BCUT2D eigenvalue weighted by molar-refractivity contribution is 6.03. The quantitative estimate of drug-likeness (QED) is 0.845. The minimum atomic E-state index is 0.195. The molecule has 0 bridgehead atoms. The van der Waals surface area contributed by atoms with E-state index in [4.69, 9.17) is 0 Å². The monoisotopic (exact) mass is 238 g/mol. The van der Waals surface area contributed by atoms with E-state index < -0.39 is 0 Å². The first kappa shape index (κ1) is 10.8. The molecular formula is C15H14N2O. The van der Waals surface area contributed by atoms with Gasteiger partial charge in [0.1, 0.15) is 5.75 Å². The number of para-hydroxylation sites is 1. The second kappa shape index (κ2) is 4.53. The SMILES string of the molecule is Oc1ccccc1C1=NN[C@@H](c2ccccc2)C1. The molecule has 0 spiro atoms. The van der Waals surface area contributed by atoms with E-state index in [9.17, 15) is 5.11 Å². The summed E-state index contributed by atoms with van der Waals surface area (Å²) in [6.45, 7) is 0. The van der Waals surface area contributed by atoms with E-state index in [1.165, 1.54) is 5.56 Å². The molecule has 0 saturated heterocycles. The van der Waals surface area contributed by atoms with Gasteiger partial charge in [0.25, 0.3) is 0 Å². The van der Waals surface area contributed by atoms with Gasteiger partial charge >= 0.3 is 0 Å². The number of nitrogens with one attached hydrogen (secondary N) is 1. The molecule has 0 amide bonds. The Hall–Kier alpha value is -2.29. The van der Waals surface area contributed by atoms with Crippen molar-refractivity contribution in [2.45, 2.75) is 12.5 Å². The normalized spacial score (nSPS) is 18.2. The summed E-state index contributed by atoms with van der Waals surface area (Å²) in [7, 11) is 0. The van der Waals surface area contributed by atoms with Gasteiger partial charge in [-0.15, -0.1) is 0 Å². The number of nitrogens with zero attached hydrogens (tertiary/aromatic N) is 1. The maximum atomic E-state index is 9.82. The Labute approximate surface area is 106 Å². The van der Waals surface area contributed by atoms with Crippen molar-refractivity contribution in [3.05, 3.63) is 65.7 Å². The van der Waals surface area contributed by atoms with Crippen molar-refractivity contribution in [3.8, 4) is 5.75 Å². The molecule has 3 rings (SSSR count). The lowest BCUT2D eigenvalue weighted by Gasteiger charge is -2.09. The lowest BCUT2D eigenvalue weighted by atomic mass is 9.99. The van der Waals surface area contributed by atoms with Crippen LogP contribution in [0.2, 0.25) is 0 Å². The Morgan fingerprint density at radius 2 is 1.72 bits per heavy atom. The highest BCUT2D eigenvalue weighted by Crippen LogP contribution is 2.27. The van der Waals surface area contributed by atoms with Gasteiger partial charge in [0.15, 0.2) is 0 Å². The van der Waals surface area contributed by atoms with Gasteiger partial charge in [-0.2, -0.15) is 5.10 Å². The van der Waals surface area contributed by atoms with E-state index in [2.05, 4.69) is 22.7 Å². The number of hydrogen-bond donors (Lipinski definition) is 2. The van der Waals surface area contributed by atoms with Gasteiger partial charge < -0.3 is 10.5 Å². The Balaban J connectivity index is 1.82. The second-order valence-electron chi connectivity index (χ2n) is 4.37. The molecule has 0 radical (unpaired) electrons. The van der Waals surface area contributed by atoms with Gasteiger partial charge in [-0.25, -0.2) is 0 Å². The van der Waals surface area contributed by atoms with Crippen molar-refractivity contribution in [2.24, 2.45) is 5.10 Å². The minimum Gasteiger partial charge on any atom is -0.507 e. The topological polar surface area (TPSA) is 44.6 Å². The van der Waals surface area contributed by atoms with E-state index in [0.717, 1.165) is 17.7 Å². The van der Waals surface area contributed by atoms with Crippen LogP contribution in [0, 0.1) is 0 Å². The van der Waals surface area contributed by atoms with Gasteiger partial charge in [0, 0.05) is 12.0 Å². The summed E-state index contributed by atoms with van der Waals surface area (Å²) >= 11 is 0. The highest BCUT2D eigenvalue weighted by Gasteiger charge is 2.22. The van der Waals surface area contributed by atoms with Gasteiger partial charge in [-0.1, -0.05) is 42.5 Å². The van der Waals surface area contributed by atoms with E-state index >= 15 is 0 Å². The molecular weight excluding hydrogens is 224 g/mol. The number of rotatable bonds is 2. The summed E-state index contributed by atoms with van der Waals surface area (Å²) in [5, 5.41) is 14.2. The third-order valence-electron chi connectivity index (χ3n) is 3.17. The maximum Gasteiger partial charge on any atom is 0.124 e. The van der Waals surface area contributed by atoms with Crippen LogP contribution in [0.15, 0.2) is 59.7 Å². The lowest BCUT2D eigenvalue weighted by Crippen LogP contribution is -2.09. The zero-order valence-electron chi connectivity index (χ0n) is 9.88. The average Bonchev–Trinajstić information content (AvgIpc) is 2.90. The molecule has 90 valence electrons. The fourth-order valence-electron chi connectivity index (χ4n) is 2.21. The summed E-state index contributed by atoms with van der Waals surface area (Å²) in [5.74, 6) is 0.284. The van der Waals surface area contributed by atoms with Crippen molar-refractivity contribution in [1.29, 1.82) is 0 Å². The number of aromatic hydroxyl groups is 1. The number of hydrazone groups is 1. The molecule has 0 unspecified atom stereocenters. The summed E-state index contributed by atoms with van der Waals surface area (Å²) in [4.78, 5) is 0. The average molecular weight is 238 g/mol. The van der Waals surface area contributed by atoms with Crippen molar-refractivity contribution in [2.75, 3.05) is 0 Å². The summed E-state index contributed by atoms with van der Waals surface area (Å²) < 4.78 is 0. The summed E-state index contributed by atoms with van der Waals surface area (Å²) in [6, 6.07) is 17.7. The molecule has 1 atom stereocenters. The fraction of sp³-hybridized carbons (Fsp3) is 0.133. The largest absolute Gasteiger partial charge is 0.507 e. The number of phenolic OH excluding ortho intramolecular Hbond substituents is 1. The predicted octanol–water partition coefficient (Wildman–Crippen LogP) is 2.83. The molecule has 0 fully saturated rings. The Kier molecular flexibility index (Phi) is 2.73. The maximum absolute atomic E-state index is 9.82. The first-order valence-electron chi connectivity index (χ1n) is 6.00. The van der Waals surface area contributed by atoms with E-state index in [-0.39, 0.29) is 11.8 Å². The van der Waals surface area contributed by atoms with E-state index in [0.29, 0.717) is 0 Å². The molecule has 3 nitrogen and oxygen atoms in total. The fourth-order valence-corrected chi connectivity index (χ4v) is 2.21. The van der Waals surface area contributed by atoms with Crippen LogP contribution in [0.1, 0.15) is 23.6 Å². The molecule has 3 heteroatoms. The van der Waals surface area contributed by atoms with E-state index in [1.807, 2.05) is 36.4 Å². The van der Waals surface area contributed by atoms with Crippen LogP contribution in [0.5, 0.6) is 5.75 Å². The lowest BCUT2D eigenvalue weighted by molar-refractivity contribution is 0.474. The van der Waals surface area contributed by atoms with Crippen LogP contribution in [-0.2, 0) is 0 Å². The van der Waals surface area contributed by atoms with Crippen molar-refractivity contribution >= 4 is 5.71 Å². The van der Waals surface area contributed by atoms with Crippen LogP contribution in [0.4, 0.5) is 0 Å². The molecule has 2 aromatic rings. The highest BCUT2D eigenvalue weighted by atomic mass is 16.3. The molecule has 18 heavy (non-hydrogen) atoms. The third kappa shape index (κ3) is 1.95. The Bertz CT molecular complexity index is 578. The Morgan fingerprint density at radius 3 is 2.50 bits per heavy atom. The van der Waals surface area contributed by atoms with Gasteiger partial charge in [0.2, 0.25) is 0 Å². The second-order valence-corrected chi connectivity index (χ2v) is 4.37. The van der Waals surface area contributed by atoms with Crippen molar-refractivity contribution in [1.82, 2.24) is 5.43 Å². The first-order chi connectivity index (χ1) is 8.84. The minimum absolute atomic E-state index is 0.195. The third-order valence-corrected chi connectivity index (χ3v) is 3.17. The number of hydrogen-bond acceptors (Lipinski definition) is 3. The standard InChI is InChI=1S/C15H14N2O/c18-15-9-5-4-8-12(15)14-10-13(16-17-14)11-6-2-1-3-7-11/h1-9,13,16,18H,10H2/t13-/m1/s1. The van der Waals surface area contributed by atoms with E-state index in [1.54, 1.807) is 6.07 Å². The molecule has 0 aliphatic carbocycles. The molecule has 1 aliphatic heterocycles. The van der Waals surface area contributed by atoms with Crippen LogP contribution in [0.3, 0.4) is 0 Å². The molecule has 1 heterocycles. The zero-order chi connectivity index (χ0) is 12.4. The first-order valence-corrected chi connectivity index (χ1v) is 6.00. The Morgan fingerprint density at radius 1 is 1.00 bits per heavy atom. The van der Waals surface area contributed by atoms with Gasteiger partial charge in [-0.3, -0.25) is 0 Å². The van der Waals surface area contributed by atoms with Crippen LogP contribution < -0.4 is 5.43 Å². The zero-order valence-corrected chi connectivity index (χ0v) is 9.88. The van der Waals surface area contributed by atoms with Crippen LogP contribution in [-0.4, -0.2) is 10.8 Å². The molecule has 2 aromatic carbocycles. The molecule has 1 aliphatic rings.